The van der Waals surface area contributed by atoms with Crippen LogP contribution in [0, 0.1) is 0 Å². The van der Waals surface area contributed by atoms with Crippen molar-refractivity contribution in [3.05, 3.63) is 37.4 Å². The SMILES string of the molecule is c1cn([I-]n2ccnc2)cn1. The average molecular weight is 261 g/mol. The van der Waals surface area contributed by atoms with Crippen molar-refractivity contribution in [2.45, 2.75) is 0 Å². The van der Waals surface area contributed by atoms with Crippen LogP contribution in [0.25, 0.3) is 0 Å². The third-order valence-electron chi connectivity index (χ3n) is 1.12. The van der Waals surface area contributed by atoms with Crippen molar-refractivity contribution in [1.82, 2.24) is 15.5 Å². The Labute approximate surface area is 74.9 Å². The van der Waals surface area contributed by atoms with Crippen LogP contribution in [0.3, 0.4) is 0 Å². The zero-order chi connectivity index (χ0) is 7.52. The number of halogens is 1. The van der Waals surface area contributed by atoms with Crippen molar-refractivity contribution in [3.8, 4) is 0 Å². The summed E-state index contributed by atoms with van der Waals surface area (Å²) >= 11 is -0.188. The molecule has 0 amide bonds. The molecule has 2 aromatic rings. The molecule has 0 saturated carbocycles. The average Bonchev–Trinajstić information content (AvgIpc) is 2.60. The molecule has 0 unspecified atom stereocenters. The minimum atomic E-state index is -0.188. The van der Waals surface area contributed by atoms with Crippen LogP contribution < -0.4 is 21.8 Å². The molecule has 2 rings (SSSR count). The molecule has 2 heterocycles. The van der Waals surface area contributed by atoms with E-state index in [1.165, 1.54) is 0 Å². The summed E-state index contributed by atoms with van der Waals surface area (Å²) in [5.74, 6) is 0. The van der Waals surface area contributed by atoms with E-state index >= 15 is 0 Å². The summed E-state index contributed by atoms with van der Waals surface area (Å²) in [5, 5.41) is 0. The fraction of sp³-hybridized carbons (Fsp3) is 0. The van der Waals surface area contributed by atoms with Crippen molar-refractivity contribution in [2.75, 3.05) is 0 Å². The van der Waals surface area contributed by atoms with Gasteiger partial charge in [0.2, 0.25) is 0 Å². The van der Waals surface area contributed by atoms with Crippen molar-refractivity contribution in [2.24, 2.45) is 0 Å². The summed E-state index contributed by atoms with van der Waals surface area (Å²) in [4.78, 5) is 7.92. The maximum absolute atomic E-state index is 3.96. The number of imidazole rings is 2. The zero-order valence-electron chi connectivity index (χ0n) is 5.63. The second-order valence-corrected chi connectivity index (χ2v) is 4.55. The Hall–Kier alpha value is -0.850. The zero-order valence-corrected chi connectivity index (χ0v) is 7.79. The number of rotatable bonds is 2. The fourth-order valence-corrected chi connectivity index (χ4v) is 2.34. The molecule has 0 spiro atoms. The Morgan fingerprint density at radius 2 is 1.45 bits per heavy atom. The van der Waals surface area contributed by atoms with Gasteiger partial charge in [0.1, 0.15) is 0 Å². The van der Waals surface area contributed by atoms with E-state index in [1.54, 1.807) is 12.4 Å². The van der Waals surface area contributed by atoms with Crippen molar-refractivity contribution < 1.29 is 21.8 Å². The molecule has 0 aliphatic carbocycles. The van der Waals surface area contributed by atoms with Gasteiger partial charge in [-0.25, -0.2) is 0 Å². The molecule has 4 nitrogen and oxygen atoms in total. The van der Waals surface area contributed by atoms with E-state index in [-0.39, 0.29) is 21.8 Å². The van der Waals surface area contributed by atoms with Gasteiger partial charge < -0.3 is 0 Å². The second-order valence-electron chi connectivity index (χ2n) is 1.89. The number of hydrogen-bond acceptors (Lipinski definition) is 2. The van der Waals surface area contributed by atoms with E-state index < -0.39 is 0 Å². The third kappa shape index (κ3) is 1.59. The first-order chi connectivity index (χ1) is 5.45. The molecule has 5 heteroatoms. The topological polar surface area (TPSA) is 35.6 Å². The number of aromatic nitrogens is 4. The molecule has 0 aliphatic heterocycles. The van der Waals surface area contributed by atoms with Crippen LogP contribution in [0.1, 0.15) is 0 Å². The molecule has 0 saturated heterocycles. The molecule has 11 heavy (non-hydrogen) atoms. The van der Waals surface area contributed by atoms with Gasteiger partial charge in [0.05, 0.1) is 0 Å². The normalized spacial score (nSPS) is 10.5. The van der Waals surface area contributed by atoms with E-state index in [0.29, 0.717) is 0 Å². The van der Waals surface area contributed by atoms with Gasteiger partial charge in [-0.05, 0) is 0 Å². The second kappa shape index (κ2) is 3.04. The fourth-order valence-electron chi connectivity index (χ4n) is 0.676. The van der Waals surface area contributed by atoms with Gasteiger partial charge in [-0.1, -0.05) is 0 Å². The first-order valence-corrected chi connectivity index (χ1v) is 5.00. The minimum absolute atomic E-state index is 0.188. The predicted octanol–water partition coefficient (Wildman–Crippen LogP) is -2.60. The Morgan fingerprint density at radius 3 is 1.82 bits per heavy atom. The Balaban J connectivity index is 2.14. The quantitative estimate of drug-likeness (QED) is 0.555. The third-order valence-corrected chi connectivity index (χ3v) is 3.26. The molecule has 2 aromatic heterocycles. The van der Waals surface area contributed by atoms with Gasteiger partial charge in [0.25, 0.3) is 0 Å². The molecule has 0 aromatic carbocycles. The van der Waals surface area contributed by atoms with Gasteiger partial charge in [0.15, 0.2) is 0 Å². The van der Waals surface area contributed by atoms with Crippen LogP contribution in [0.4, 0.5) is 0 Å². The van der Waals surface area contributed by atoms with Gasteiger partial charge in [-0.2, -0.15) is 0 Å². The molecule has 0 fully saturated rings. The molecular weight excluding hydrogens is 255 g/mol. The van der Waals surface area contributed by atoms with Crippen molar-refractivity contribution in [1.29, 1.82) is 0 Å². The van der Waals surface area contributed by atoms with Gasteiger partial charge >= 0.3 is 74.7 Å². The summed E-state index contributed by atoms with van der Waals surface area (Å²) < 4.78 is 4.17. The first-order valence-electron chi connectivity index (χ1n) is 3.07. The van der Waals surface area contributed by atoms with E-state index in [2.05, 4.69) is 15.5 Å². The van der Waals surface area contributed by atoms with Crippen LogP contribution in [-0.2, 0) is 0 Å². The molecule has 0 N–H and O–H groups in total. The summed E-state index contributed by atoms with van der Waals surface area (Å²) in [6.07, 6.45) is 11.2. The first kappa shape index (κ1) is 6.84. The van der Waals surface area contributed by atoms with Gasteiger partial charge in [-0.3, -0.25) is 0 Å². The van der Waals surface area contributed by atoms with Gasteiger partial charge in [0, 0.05) is 0 Å². The molecule has 0 aliphatic rings. The van der Waals surface area contributed by atoms with Crippen molar-refractivity contribution >= 4 is 0 Å². The monoisotopic (exact) mass is 261 g/mol. The molecule has 0 atom stereocenters. The van der Waals surface area contributed by atoms with Gasteiger partial charge in [-0.15, -0.1) is 0 Å². The number of hydrogen-bond donors (Lipinski definition) is 0. The Bertz CT molecular complexity index is 267. The molecule has 0 radical (unpaired) electrons. The Morgan fingerprint density at radius 1 is 0.909 bits per heavy atom. The summed E-state index contributed by atoms with van der Waals surface area (Å²) in [6, 6.07) is 0. The Kier molecular flexibility index (Phi) is 1.89. The number of nitrogens with zero attached hydrogens (tertiary/aromatic N) is 4. The van der Waals surface area contributed by atoms with E-state index in [9.17, 15) is 0 Å². The van der Waals surface area contributed by atoms with Crippen LogP contribution >= 0.6 is 0 Å². The van der Waals surface area contributed by atoms with Crippen LogP contribution in [0.5, 0.6) is 0 Å². The standard InChI is InChI=1S/C6H6IN4/c1-3-10(5-8-1)7-11-4-2-9-6-11/h1-6H/q-1. The molecule has 58 valence electrons. The molecule has 0 bridgehead atoms. The van der Waals surface area contributed by atoms with E-state index in [4.69, 9.17) is 0 Å². The maximum atomic E-state index is 3.96. The van der Waals surface area contributed by atoms with E-state index in [1.807, 2.05) is 25.0 Å². The van der Waals surface area contributed by atoms with Crippen LogP contribution in [0.2, 0.25) is 0 Å². The van der Waals surface area contributed by atoms with Crippen LogP contribution in [-0.4, -0.2) is 15.5 Å². The summed E-state index contributed by atoms with van der Waals surface area (Å²) in [6.45, 7) is 0. The van der Waals surface area contributed by atoms with E-state index in [0.717, 1.165) is 0 Å². The molecular formula is C6H6IN4-. The predicted molar refractivity (Wildman–Crippen MR) is 35.3 cm³/mol. The van der Waals surface area contributed by atoms with Crippen molar-refractivity contribution in [3.63, 3.8) is 0 Å². The summed E-state index contributed by atoms with van der Waals surface area (Å²) in [7, 11) is 0. The summed E-state index contributed by atoms with van der Waals surface area (Å²) in [5.41, 5.74) is 0. The van der Waals surface area contributed by atoms with Crippen LogP contribution in [0.15, 0.2) is 37.4 Å².